The van der Waals surface area contributed by atoms with Crippen LogP contribution < -0.4 is 10.6 Å². The Morgan fingerprint density at radius 1 is 1.36 bits per heavy atom. The third-order valence-corrected chi connectivity index (χ3v) is 5.45. The first-order valence-electron chi connectivity index (χ1n) is 8.64. The topological polar surface area (TPSA) is 81.1 Å². The summed E-state index contributed by atoms with van der Waals surface area (Å²) in [6.45, 7) is 4.33. The summed E-state index contributed by atoms with van der Waals surface area (Å²) in [6, 6.07) is 6.24. The normalized spacial score (nSPS) is 19.6. The Morgan fingerprint density at radius 3 is 2.79 bits per heavy atom. The smallest absolute Gasteiger partial charge is 0.274 e. The zero-order valence-electron chi connectivity index (χ0n) is 15.7. The minimum absolute atomic E-state index is 0.0551. The van der Waals surface area contributed by atoms with Crippen LogP contribution in [0.15, 0.2) is 36.5 Å². The van der Waals surface area contributed by atoms with Crippen LogP contribution in [-0.2, 0) is 0 Å². The Bertz CT molecular complexity index is 904. The van der Waals surface area contributed by atoms with Crippen molar-refractivity contribution in [3.05, 3.63) is 59.4 Å². The third kappa shape index (κ3) is 4.48. The lowest BCUT2D eigenvalue weighted by atomic mass is 10.0. The molecule has 3 rings (SSSR count). The van der Waals surface area contributed by atoms with E-state index in [0.717, 1.165) is 12.3 Å². The van der Waals surface area contributed by atoms with E-state index in [1.807, 2.05) is 25.2 Å². The van der Waals surface area contributed by atoms with E-state index in [9.17, 15) is 13.6 Å². The van der Waals surface area contributed by atoms with E-state index in [1.165, 1.54) is 30.1 Å². The van der Waals surface area contributed by atoms with Gasteiger partial charge in [0.1, 0.15) is 23.2 Å². The summed E-state index contributed by atoms with van der Waals surface area (Å²) >= 11 is 1.51. The van der Waals surface area contributed by atoms with Crippen LogP contribution in [0.3, 0.4) is 0 Å². The molecule has 1 fully saturated rings. The highest BCUT2D eigenvalue weighted by Crippen LogP contribution is 2.34. The third-order valence-electron chi connectivity index (χ3n) is 4.33. The number of nitrogens with zero attached hydrogens (tertiary/aromatic N) is 2. The first-order valence-corrected chi connectivity index (χ1v) is 9.41. The Kier molecular flexibility index (Phi) is 5.66. The molecule has 1 unspecified atom stereocenters. The molecule has 9 heteroatoms. The molecule has 148 valence electrons. The second-order valence-corrected chi connectivity index (χ2v) is 8.86. The van der Waals surface area contributed by atoms with E-state index in [1.54, 1.807) is 6.07 Å². The van der Waals surface area contributed by atoms with Gasteiger partial charge >= 0.3 is 0 Å². The summed E-state index contributed by atoms with van der Waals surface area (Å²) in [5.41, 5.74) is 0.791. The SMILES string of the molecule is CN1CC(c2cc(NC(=O)c3ccc(F)cn3)ccc2F)NC(=N)C(C)(C)S1. The predicted octanol–water partition coefficient (Wildman–Crippen LogP) is 3.59. The zero-order chi connectivity index (χ0) is 20.5. The molecule has 2 aromatic rings. The molecule has 0 radical (unpaired) electrons. The molecule has 1 aliphatic rings. The first-order chi connectivity index (χ1) is 13.2. The number of hydrogen-bond acceptors (Lipinski definition) is 5. The molecule has 6 nitrogen and oxygen atoms in total. The Hall–Kier alpha value is -2.52. The summed E-state index contributed by atoms with van der Waals surface area (Å²) in [4.78, 5) is 16.0. The molecule has 0 saturated carbocycles. The van der Waals surface area contributed by atoms with E-state index in [2.05, 4.69) is 15.6 Å². The van der Waals surface area contributed by atoms with Gasteiger partial charge in [0.15, 0.2) is 0 Å². The number of anilines is 1. The summed E-state index contributed by atoms with van der Waals surface area (Å²) in [7, 11) is 1.89. The Labute approximate surface area is 166 Å². The number of amides is 1. The van der Waals surface area contributed by atoms with Crippen LogP contribution in [0.25, 0.3) is 0 Å². The van der Waals surface area contributed by atoms with Crippen molar-refractivity contribution in [3.63, 3.8) is 0 Å². The van der Waals surface area contributed by atoms with Crippen molar-refractivity contribution in [1.82, 2.24) is 14.6 Å². The number of aromatic nitrogens is 1. The lowest BCUT2D eigenvalue weighted by Crippen LogP contribution is -2.39. The highest BCUT2D eigenvalue weighted by molar-refractivity contribution is 7.99. The molecule has 1 saturated heterocycles. The van der Waals surface area contributed by atoms with Crippen LogP contribution in [-0.4, -0.2) is 39.4 Å². The maximum atomic E-state index is 14.5. The number of benzene rings is 1. The van der Waals surface area contributed by atoms with Crippen LogP contribution in [0, 0.1) is 17.0 Å². The molecular weight excluding hydrogens is 384 g/mol. The van der Waals surface area contributed by atoms with Crippen LogP contribution in [0.2, 0.25) is 0 Å². The van der Waals surface area contributed by atoms with Gasteiger partial charge in [-0.25, -0.2) is 13.8 Å². The van der Waals surface area contributed by atoms with Gasteiger partial charge in [0, 0.05) is 17.8 Å². The average molecular weight is 405 g/mol. The van der Waals surface area contributed by atoms with Gasteiger partial charge < -0.3 is 10.6 Å². The molecule has 1 aromatic heterocycles. The lowest BCUT2D eigenvalue weighted by Gasteiger charge is -2.25. The van der Waals surface area contributed by atoms with Crippen molar-refractivity contribution in [1.29, 1.82) is 5.41 Å². The first kappa shape index (κ1) is 20.2. The van der Waals surface area contributed by atoms with E-state index >= 15 is 0 Å². The second-order valence-electron chi connectivity index (χ2n) is 7.04. The van der Waals surface area contributed by atoms with Gasteiger partial charge in [-0.3, -0.25) is 14.5 Å². The number of likely N-dealkylation sites (N-methyl/N-ethyl adjacent to an activating group) is 1. The number of rotatable bonds is 3. The van der Waals surface area contributed by atoms with Crippen molar-refractivity contribution in [2.75, 3.05) is 18.9 Å². The lowest BCUT2D eigenvalue weighted by molar-refractivity contribution is 0.102. The fourth-order valence-electron chi connectivity index (χ4n) is 2.89. The molecule has 1 amide bonds. The van der Waals surface area contributed by atoms with Crippen molar-refractivity contribution in [2.45, 2.75) is 24.6 Å². The van der Waals surface area contributed by atoms with Crippen molar-refractivity contribution >= 4 is 29.4 Å². The minimum atomic E-state index is -0.535. The average Bonchev–Trinajstić information content (AvgIpc) is 2.72. The van der Waals surface area contributed by atoms with Crippen molar-refractivity contribution < 1.29 is 13.6 Å². The molecule has 1 aromatic carbocycles. The quantitative estimate of drug-likeness (QED) is 0.680. The standard InChI is InChI=1S/C19H21F2N5OS/c1-19(2)18(22)25-16(10-26(3)28-19)13-8-12(5-6-14(13)21)24-17(27)15-7-4-11(20)9-23-15/h4-9,16H,10H2,1-3H3,(H2,22,25)(H,24,27). The maximum Gasteiger partial charge on any atom is 0.274 e. The molecule has 1 aliphatic heterocycles. The Morgan fingerprint density at radius 2 is 2.11 bits per heavy atom. The second kappa shape index (κ2) is 7.84. The molecule has 1 atom stereocenters. The van der Waals surface area contributed by atoms with Gasteiger partial charge in [-0.1, -0.05) is 11.9 Å². The fraction of sp³-hybridized carbons (Fsp3) is 0.316. The summed E-state index contributed by atoms with van der Waals surface area (Å²) < 4.78 is 29.0. The number of nitrogens with one attached hydrogen (secondary N) is 3. The van der Waals surface area contributed by atoms with E-state index < -0.39 is 28.3 Å². The van der Waals surface area contributed by atoms with E-state index in [0.29, 0.717) is 23.6 Å². The highest BCUT2D eigenvalue weighted by Gasteiger charge is 2.34. The predicted molar refractivity (Wildman–Crippen MR) is 106 cm³/mol. The van der Waals surface area contributed by atoms with E-state index in [4.69, 9.17) is 5.41 Å². The summed E-state index contributed by atoms with van der Waals surface area (Å²) in [5.74, 6) is -1.18. The highest BCUT2D eigenvalue weighted by atomic mass is 32.2. The van der Waals surface area contributed by atoms with Crippen molar-refractivity contribution in [2.24, 2.45) is 0 Å². The van der Waals surface area contributed by atoms with Crippen LogP contribution in [0.1, 0.15) is 35.9 Å². The number of pyridine rings is 1. The van der Waals surface area contributed by atoms with Crippen molar-refractivity contribution in [3.8, 4) is 0 Å². The number of carbonyl (C=O) groups excluding carboxylic acids is 1. The van der Waals surface area contributed by atoms with Gasteiger partial charge in [0.05, 0.1) is 17.0 Å². The number of carbonyl (C=O) groups is 1. The molecular formula is C19H21F2N5OS. The maximum absolute atomic E-state index is 14.5. The van der Waals surface area contributed by atoms with Crippen LogP contribution >= 0.6 is 11.9 Å². The molecule has 2 heterocycles. The largest absolute Gasteiger partial charge is 0.365 e. The Balaban J connectivity index is 1.84. The molecule has 0 spiro atoms. The van der Waals surface area contributed by atoms with Gasteiger partial charge in [-0.2, -0.15) is 0 Å². The molecule has 0 aliphatic carbocycles. The zero-order valence-corrected chi connectivity index (χ0v) is 16.5. The van der Waals surface area contributed by atoms with Crippen LogP contribution in [0.4, 0.5) is 14.5 Å². The van der Waals surface area contributed by atoms with Gasteiger partial charge in [0.2, 0.25) is 0 Å². The number of halogens is 2. The summed E-state index contributed by atoms with van der Waals surface area (Å²) in [6.07, 6.45) is 0.960. The molecule has 28 heavy (non-hydrogen) atoms. The minimum Gasteiger partial charge on any atom is -0.365 e. The number of hydrogen-bond donors (Lipinski definition) is 3. The van der Waals surface area contributed by atoms with Crippen LogP contribution in [0.5, 0.6) is 0 Å². The number of amidine groups is 1. The van der Waals surface area contributed by atoms with Gasteiger partial charge in [0.25, 0.3) is 5.91 Å². The van der Waals surface area contributed by atoms with E-state index in [-0.39, 0.29) is 5.69 Å². The molecule has 0 bridgehead atoms. The van der Waals surface area contributed by atoms with Gasteiger partial charge in [-0.15, -0.1) is 0 Å². The van der Waals surface area contributed by atoms with Gasteiger partial charge in [-0.05, 0) is 51.2 Å². The summed E-state index contributed by atoms with van der Waals surface area (Å²) in [5, 5.41) is 14.0. The fourth-order valence-corrected chi connectivity index (χ4v) is 4.05. The monoisotopic (exact) mass is 405 g/mol. The molecule has 3 N–H and O–H groups in total.